The monoisotopic (exact) mass is 462 g/mol. The second-order valence-corrected chi connectivity index (χ2v) is 9.02. The average Bonchev–Trinajstić information content (AvgIpc) is 2.85. The van der Waals surface area contributed by atoms with E-state index < -0.39 is 0 Å². The molecule has 0 spiro atoms. The highest BCUT2D eigenvalue weighted by Crippen LogP contribution is 2.26. The Labute approximate surface area is 201 Å². The molecule has 3 aromatic carbocycles. The molecule has 0 aliphatic carbocycles. The van der Waals surface area contributed by atoms with E-state index in [9.17, 15) is 4.79 Å². The van der Waals surface area contributed by atoms with Crippen LogP contribution in [0.1, 0.15) is 22.0 Å². The fourth-order valence-electron chi connectivity index (χ4n) is 4.30. The van der Waals surface area contributed by atoms with Crippen molar-refractivity contribution in [2.75, 3.05) is 56.6 Å². The van der Waals surface area contributed by atoms with Crippen molar-refractivity contribution in [2.24, 2.45) is 0 Å². The number of benzene rings is 3. The summed E-state index contributed by atoms with van der Waals surface area (Å²) in [5.74, 6) is -0.102. The van der Waals surface area contributed by atoms with Gasteiger partial charge < -0.3 is 15.1 Å². The minimum absolute atomic E-state index is 0.0993. The van der Waals surface area contributed by atoms with E-state index in [0.717, 1.165) is 31.9 Å². The molecule has 4 rings (SSSR count). The molecule has 1 saturated heterocycles. The number of hydrogen-bond acceptors (Lipinski definition) is 4. The largest absolute Gasteiger partial charge is 0.378 e. The SMILES string of the molecule is CN(C)c1ccc([C@H](CNC(=O)c2cccc(Cl)c2)N2CCN(c3ccccc3)CC2)cc1. The molecule has 6 heteroatoms. The quantitative estimate of drug-likeness (QED) is 0.552. The Morgan fingerprint density at radius 1 is 0.939 bits per heavy atom. The van der Waals surface area contributed by atoms with Crippen LogP contribution < -0.4 is 15.1 Å². The second kappa shape index (κ2) is 10.7. The van der Waals surface area contributed by atoms with Crippen molar-refractivity contribution in [1.29, 1.82) is 0 Å². The van der Waals surface area contributed by atoms with E-state index in [1.165, 1.54) is 11.3 Å². The Morgan fingerprint density at radius 3 is 2.27 bits per heavy atom. The summed E-state index contributed by atoms with van der Waals surface area (Å²) in [6.07, 6.45) is 0. The maximum Gasteiger partial charge on any atom is 0.251 e. The first-order chi connectivity index (χ1) is 16.0. The van der Waals surface area contributed by atoms with Gasteiger partial charge in [0.25, 0.3) is 5.91 Å². The molecule has 1 N–H and O–H groups in total. The lowest BCUT2D eigenvalue weighted by Gasteiger charge is -2.40. The predicted molar refractivity (Wildman–Crippen MR) is 138 cm³/mol. The third kappa shape index (κ3) is 5.86. The number of para-hydroxylation sites is 1. The third-order valence-electron chi connectivity index (χ3n) is 6.21. The number of amides is 1. The van der Waals surface area contributed by atoms with Crippen LogP contribution in [0.5, 0.6) is 0 Å². The smallest absolute Gasteiger partial charge is 0.251 e. The van der Waals surface area contributed by atoms with Gasteiger partial charge >= 0.3 is 0 Å². The summed E-state index contributed by atoms with van der Waals surface area (Å²) in [5, 5.41) is 3.70. The third-order valence-corrected chi connectivity index (χ3v) is 6.45. The Balaban J connectivity index is 1.48. The van der Waals surface area contributed by atoms with E-state index in [1.54, 1.807) is 24.3 Å². The zero-order valence-electron chi connectivity index (χ0n) is 19.2. The van der Waals surface area contributed by atoms with Gasteiger partial charge in [-0.15, -0.1) is 0 Å². The number of carbonyl (C=O) groups is 1. The van der Waals surface area contributed by atoms with Crippen LogP contribution in [-0.4, -0.2) is 57.6 Å². The van der Waals surface area contributed by atoms with Crippen LogP contribution in [0.25, 0.3) is 0 Å². The first kappa shape index (κ1) is 23.1. The molecular formula is C27H31ClN4O. The molecule has 1 aliphatic rings. The van der Waals surface area contributed by atoms with E-state index in [1.807, 2.05) is 14.1 Å². The molecule has 3 aromatic rings. The van der Waals surface area contributed by atoms with Crippen molar-refractivity contribution >= 4 is 28.9 Å². The normalized spacial score (nSPS) is 15.2. The van der Waals surface area contributed by atoms with Gasteiger partial charge in [0.1, 0.15) is 0 Å². The molecule has 172 valence electrons. The van der Waals surface area contributed by atoms with Crippen LogP contribution in [0.4, 0.5) is 11.4 Å². The zero-order valence-corrected chi connectivity index (χ0v) is 20.0. The van der Waals surface area contributed by atoms with E-state index in [4.69, 9.17) is 11.6 Å². The predicted octanol–water partition coefficient (Wildman–Crippen LogP) is 4.70. The second-order valence-electron chi connectivity index (χ2n) is 8.58. The fraction of sp³-hybridized carbons (Fsp3) is 0.296. The van der Waals surface area contributed by atoms with Crippen molar-refractivity contribution in [1.82, 2.24) is 10.2 Å². The van der Waals surface area contributed by atoms with Gasteiger partial charge in [0.2, 0.25) is 0 Å². The lowest BCUT2D eigenvalue weighted by molar-refractivity contribution is 0.0930. The number of halogens is 1. The van der Waals surface area contributed by atoms with Crippen molar-refractivity contribution < 1.29 is 4.79 Å². The highest BCUT2D eigenvalue weighted by molar-refractivity contribution is 6.30. The number of nitrogens with one attached hydrogen (secondary N) is 1. The summed E-state index contributed by atoms with van der Waals surface area (Å²) in [4.78, 5) is 19.8. The van der Waals surface area contributed by atoms with Gasteiger partial charge in [-0.3, -0.25) is 9.69 Å². The summed E-state index contributed by atoms with van der Waals surface area (Å²) < 4.78 is 0. The van der Waals surface area contributed by atoms with E-state index in [-0.39, 0.29) is 11.9 Å². The van der Waals surface area contributed by atoms with Crippen LogP contribution in [0.2, 0.25) is 5.02 Å². The number of carbonyl (C=O) groups excluding carboxylic acids is 1. The lowest BCUT2D eigenvalue weighted by atomic mass is 10.0. The lowest BCUT2D eigenvalue weighted by Crippen LogP contribution is -2.50. The maximum atomic E-state index is 12.8. The van der Waals surface area contributed by atoms with Crippen LogP contribution >= 0.6 is 11.6 Å². The van der Waals surface area contributed by atoms with Gasteiger partial charge in [-0.2, -0.15) is 0 Å². The van der Waals surface area contributed by atoms with Gasteiger partial charge in [-0.25, -0.2) is 0 Å². The first-order valence-electron chi connectivity index (χ1n) is 11.4. The molecule has 1 amide bonds. The molecule has 1 fully saturated rings. The van der Waals surface area contributed by atoms with Gasteiger partial charge in [-0.1, -0.05) is 48.0 Å². The Hall–Kier alpha value is -3.02. The summed E-state index contributed by atoms with van der Waals surface area (Å²) in [7, 11) is 4.08. The maximum absolute atomic E-state index is 12.8. The van der Waals surface area contributed by atoms with Crippen molar-refractivity contribution in [2.45, 2.75) is 6.04 Å². The zero-order chi connectivity index (χ0) is 23.2. The number of hydrogen-bond donors (Lipinski definition) is 1. The van der Waals surface area contributed by atoms with Crippen LogP contribution in [0.3, 0.4) is 0 Å². The molecule has 0 bridgehead atoms. The summed E-state index contributed by atoms with van der Waals surface area (Å²) in [6.45, 7) is 4.32. The van der Waals surface area contributed by atoms with Gasteiger partial charge in [-0.05, 0) is 48.0 Å². The summed E-state index contributed by atoms with van der Waals surface area (Å²) in [5.41, 5.74) is 4.21. The highest BCUT2D eigenvalue weighted by atomic mass is 35.5. The van der Waals surface area contributed by atoms with Gasteiger partial charge in [0.15, 0.2) is 0 Å². The van der Waals surface area contributed by atoms with Gasteiger partial charge in [0, 0.05) is 68.8 Å². The average molecular weight is 463 g/mol. The Kier molecular flexibility index (Phi) is 7.53. The van der Waals surface area contributed by atoms with Crippen LogP contribution in [0.15, 0.2) is 78.9 Å². The summed E-state index contributed by atoms with van der Waals surface area (Å²) >= 11 is 6.08. The molecular weight excluding hydrogens is 432 g/mol. The topological polar surface area (TPSA) is 38.8 Å². The fourth-order valence-corrected chi connectivity index (χ4v) is 4.49. The first-order valence-corrected chi connectivity index (χ1v) is 11.7. The van der Waals surface area contributed by atoms with Crippen LogP contribution in [0, 0.1) is 0 Å². The summed E-state index contributed by atoms with van der Waals surface area (Å²) in [6, 6.07) is 26.4. The standard InChI is InChI=1S/C27H31ClN4O/c1-30(2)24-13-11-21(12-14-24)26(20-29-27(33)22-7-6-8-23(28)19-22)32-17-15-31(16-18-32)25-9-4-3-5-10-25/h3-14,19,26H,15-18,20H2,1-2H3,(H,29,33)/t26-/m0/s1. The molecule has 0 saturated carbocycles. The molecule has 1 aliphatic heterocycles. The van der Waals surface area contributed by atoms with Gasteiger partial charge in [0.05, 0.1) is 6.04 Å². The number of anilines is 2. The highest BCUT2D eigenvalue weighted by Gasteiger charge is 2.26. The molecule has 1 atom stereocenters. The van der Waals surface area contributed by atoms with Crippen molar-refractivity contribution in [3.8, 4) is 0 Å². The Morgan fingerprint density at radius 2 is 1.64 bits per heavy atom. The minimum Gasteiger partial charge on any atom is -0.378 e. The Bertz CT molecular complexity index is 1050. The number of piperazine rings is 1. The van der Waals surface area contributed by atoms with E-state index in [0.29, 0.717) is 17.1 Å². The number of rotatable bonds is 7. The van der Waals surface area contributed by atoms with Crippen LogP contribution in [-0.2, 0) is 0 Å². The van der Waals surface area contributed by atoms with Crippen molar-refractivity contribution in [3.05, 3.63) is 95.0 Å². The molecule has 5 nitrogen and oxygen atoms in total. The minimum atomic E-state index is -0.102. The molecule has 0 unspecified atom stereocenters. The molecule has 1 heterocycles. The molecule has 33 heavy (non-hydrogen) atoms. The van der Waals surface area contributed by atoms with E-state index in [2.05, 4.69) is 74.6 Å². The van der Waals surface area contributed by atoms with Crippen molar-refractivity contribution in [3.63, 3.8) is 0 Å². The van der Waals surface area contributed by atoms with E-state index >= 15 is 0 Å². The molecule has 0 radical (unpaired) electrons. The number of nitrogens with zero attached hydrogens (tertiary/aromatic N) is 3. The molecule has 0 aromatic heterocycles.